The molecule has 1 amide bonds. The molecule has 0 aliphatic rings. The number of rotatable bonds is 5. The molecule has 2 aromatic carbocycles. The number of imidazole rings is 1. The van der Waals surface area contributed by atoms with Crippen LogP contribution in [-0.4, -0.2) is 46.4 Å². The minimum atomic E-state index is -1.06. The smallest absolute Gasteiger partial charge is 0.253 e. The highest BCUT2D eigenvalue weighted by molar-refractivity contribution is 5.95. The second-order valence-corrected chi connectivity index (χ2v) is 7.41. The lowest BCUT2D eigenvalue weighted by molar-refractivity contribution is 0.0827. The summed E-state index contributed by atoms with van der Waals surface area (Å²) in [6.45, 7) is 1.85. The number of carbonyl (C=O) groups is 1. The summed E-state index contributed by atoms with van der Waals surface area (Å²) in [4.78, 5) is 22.5. The van der Waals surface area contributed by atoms with Crippen LogP contribution in [0.15, 0.2) is 48.9 Å². The maximum absolute atomic E-state index is 14.6. The molecule has 4 aromatic rings. The Morgan fingerprint density at radius 1 is 1.12 bits per heavy atom. The molecule has 0 aliphatic heterocycles. The molecule has 0 saturated heterocycles. The van der Waals surface area contributed by atoms with Crippen molar-refractivity contribution in [3.63, 3.8) is 0 Å². The van der Waals surface area contributed by atoms with Gasteiger partial charge in [0.2, 0.25) is 5.82 Å². The van der Waals surface area contributed by atoms with Crippen molar-refractivity contribution in [1.82, 2.24) is 19.3 Å². The highest BCUT2D eigenvalue weighted by Crippen LogP contribution is 2.31. The predicted molar refractivity (Wildman–Crippen MR) is 117 cm³/mol. The van der Waals surface area contributed by atoms with Gasteiger partial charge in [0.15, 0.2) is 23.0 Å². The van der Waals surface area contributed by atoms with Crippen LogP contribution in [0.3, 0.4) is 0 Å². The summed E-state index contributed by atoms with van der Waals surface area (Å²) in [5.41, 5.74) is 2.98. The van der Waals surface area contributed by atoms with E-state index >= 15 is 0 Å². The van der Waals surface area contributed by atoms with Gasteiger partial charge in [-0.25, -0.2) is 14.4 Å². The lowest BCUT2D eigenvalue weighted by Gasteiger charge is -2.14. The van der Waals surface area contributed by atoms with Crippen molar-refractivity contribution in [2.75, 3.05) is 26.5 Å². The standard InChI is InChI=1S/C23H21F2N5O2/c1-13-11-14(5-6-15(13)23(31)29(2)3)28-21-22-27-12-17(30(22)10-9-26-21)16-7-8-18(32-4)20(25)19(16)24/h5-12H,1-4H3,(H,26,28). The van der Waals surface area contributed by atoms with Gasteiger partial charge < -0.3 is 15.0 Å². The molecule has 2 aromatic heterocycles. The van der Waals surface area contributed by atoms with Crippen LogP contribution >= 0.6 is 0 Å². The van der Waals surface area contributed by atoms with Crippen LogP contribution in [0.4, 0.5) is 20.3 Å². The highest BCUT2D eigenvalue weighted by Gasteiger charge is 2.19. The molecule has 0 fully saturated rings. The number of hydrogen-bond donors (Lipinski definition) is 1. The summed E-state index contributed by atoms with van der Waals surface area (Å²) in [7, 11) is 4.68. The summed E-state index contributed by atoms with van der Waals surface area (Å²) in [5, 5.41) is 3.18. The maximum Gasteiger partial charge on any atom is 0.253 e. The molecule has 0 aliphatic carbocycles. The van der Waals surface area contributed by atoms with Crippen molar-refractivity contribution in [3.8, 4) is 17.0 Å². The lowest BCUT2D eigenvalue weighted by atomic mass is 10.1. The van der Waals surface area contributed by atoms with Gasteiger partial charge in [-0.3, -0.25) is 9.20 Å². The number of aromatic nitrogens is 3. The fraction of sp³-hybridized carbons (Fsp3) is 0.174. The van der Waals surface area contributed by atoms with E-state index in [4.69, 9.17) is 4.74 Å². The SMILES string of the molecule is COc1ccc(-c2cnc3c(Nc4ccc(C(=O)N(C)C)c(C)c4)nccn23)c(F)c1F. The van der Waals surface area contributed by atoms with Gasteiger partial charge in [0.25, 0.3) is 5.91 Å². The first-order valence-electron chi connectivity index (χ1n) is 9.75. The fourth-order valence-corrected chi connectivity index (χ4v) is 3.45. The maximum atomic E-state index is 14.6. The minimum Gasteiger partial charge on any atom is -0.494 e. The van der Waals surface area contributed by atoms with Gasteiger partial charge in [0.05, 0.1) is 19.0 Å². The van der Waals surface area contributed by atoms with E-state index in [0.717, 1.165) is 5.56 Å². The van der Waals surface area contributed by atoms with Crippen molar-refractivity contribution < 1.29 is 18.3 Å². The number of carbonyl (C=O) groups excluding carboxylic acids is 1. The molecule has 0 unspecified atom stereocenters. The first kappa shape index (κ1) is 21.2. The number of nitrogens with zero attached hydrogens (tertiary/aromatic N) is 4. The molecule has 7 nitrogen and oxygen atoms in total. The van der Waals surface area contributed by atoms with E-state index in [1.54, 1.807) is 36.8 Å². The number of methoxy groups -OCH3 is 1. The van der Waals surface area contributed by atoms with Crippen LogP contribution < -0.4 is 10.1 Å². The molecule has 164 valence electrons. The van der Waals surface area contributed by atoms with E-state index in [0.29, 0.717) is 28.4 Å². The number of benzene rings is 2. The lowest BCUT2D eigenvalue weighted by Crippen LogP contribution is -2.22. The first-order chi connectivity index (χ1) is 15.3. The largest absolute Gasteiger partial charge is 0.494 e. The van der Waals surface area contributed by atoms with Crippen LogP contribution in [0, 0.1) is 18.6 Å². The Morgan fingerprint density at radius 3 is 2.59 bits per heavy atom. The minimum absolute atomic E-state index is 0.0512. The van der Waals surface area contributed by atoms with Crippen molar-refractivity contribution in [1.29, 1.82) is 0 Å². The molecule has 4 rings (SSSR count). The molecule has 0 spiro atoms. The van der Waals surface area contributed by atoms with Crippen LogP contribution in [-0.2, 0) is 0 Å². The Kier molecular flexibility index (Phi) is 5.48. The number of ether oxygens (including phenoxy) is 1. The molecule has 0 radical (unpaired) electrons. The summed E-state index contributed by atoms with van der Waals surface area (Å²) in [6.07, 6.45) is 4.61. The Labute approximate surface area is 183 Å². The molecule has 2 heterocycles. The number of aryl methyl sites for hydroxylation is 1. The third-order valence-electron chi connectivity index (χ3n) is 5.10. The molecule has 32 heavy (non-hydrogen) atoms. The summed E-state index contributed by atoms with van der Waals surface area (Å²) in [6, 6.07) is 8.17. The van der Waals surface area contributed by atoms with Crippen molar-refractivity contribution in [2.45, 2.75) is 6.92 Å². The third-order valence-corrected chi connectivity index (χ3v) is 5.10. The number of halogens is 2. The zero-order chi connectivity index (χ0) is 23.0. The van der Waals surface area contributed by atoms with Gasteiger partial charge in [-0.05, 0) is 42.8 Å². The molecule has 9 heteroatoms. The summed E-state index contributed by atoms with van der Waals surface area (Å²) >= 11 is 0. The van der Waals surface area contributed by atoms with Gasteiger partial charge in [-0.2, -0.15) is 4.39 Å². The third kappa shape index (κ3) is 3.62. The quantitative estimate of drug-likeness (QED) is 0.500. The van der Waals surface area contributed by atoms with E-state index in [2.05, 4.69) is 15.3 Å². The summed E-state index contributed by atoms with van der Waals surface area (Å²) < 4.78 is 35.3. The topological polar surface area (TPSA) is 71.8 Å². The Balaban J connectivity index is 1.71. The predicted octanol–water partition coefficient (Wildman–Crippen LogP) is 4.44. The molecular weight excluding hydrogens is 416 g/mol. The van der Waals surface area contributed by atoms with Gasteiger partial charge in [0, 0.05) is 43.3 Å². The zero-order valence-corrected chi connectivity index (χ0v) is 18.0. The van der Waals surface area contributed by atoms with E-state index < -0.39 is 11.6 Å². The first-order valence-corrected chi connectivity index (χ1v) is 9.75. The normalized spacial score (nSPS) is 10.9. The average Bonchev–Trinajstić information content (AvgIpc) is 3.20. The van der Waals surface area contributed by atoms with Crippen molar-refractivity contribution in [3.05, 3.63) is 71.7 Å². The van der Waals surface area contributed by atoms with Crippen LogP contribution in [0.5, 0.6) is 5.75 Å². The number of fused-ring (bicyclic) bond motifs is 1. The number of anilines is 2. The molecular formula is C23H21F2N5O2. The zero-order valence-electron chi connectivity index (χ0n) is 18.0. The number of hydrogen-bond acceptors (Lipinski definition) is 5. The van der Waals surface area contributed by atoms with Crippen LogP contribution in [0.1, 0.15) is 15.9 Å². The van der Waals surface area contributed by atoms with E-state index in [1.807, 2.05) is 13.0 Å². The van der Waals surface area contributed by atoms with Crippen LogP contribution in [0.25, 0.3) is 16.9 Å². The second-order valence-electron chi connectivity index (χ2n) is 7.41. The van der Waals surface area contributed by atoms with E-state index in [1.165, 1.54) is 36.5 Å². The van der Waals surface area contributed by atoms with E-state index in [9.17, 15) is 13.6 Å². The second kappa shape index (κ2) is 8.26. The Hall–Kier alpha value is -4.01. The fourth-order valence-electron chi connectivity index (χ4n) is 3.45. The van der Waals surface area contributed by atoms with E-state index in [-0.39, 0.29) is 17.2 Å². The van der Waals surface area contributed by atoms with Gasteiger partial charge in [-0.1, -0.05) is 0 Å². The number of amides is 1. The van der Waals surface area contributed by atoms with Gasteiger partial charge in [-0.15, -0.1) is 0 Å². The monoisotopic (exact) mass is 437 g/mol. The van der Waals surface area contributed by atoms with Gasteiger partial charge in [0.1, 0.15) is 0 Å². The Morgan fingerprint density at radius 2 is 1.91 bits per heavy atom. The number of nitrogens with one attached hydrogen (secondary N) is 1. The molecule has 0 saturated carbocycles. The summed E-state index contributed by atoms with van der Waals surface area (Å²) in [5.74, 6) is -1.90. The Bertz CT molecular complexity index is 1330. The molecule has 1 N–H and O–H groups in total. The van der Waals surface area contributed by atoms with Gasteiger partial charge >= 0.3 is 0 Å². The molecule has 0 atom stereocenters. The molecule has 0 bridgehead atoms. The van der Waals surface area contributed by atoms with Crippen molar-refractivity contribution >= 4 is 23.1 Å². The van der Waals surface area contributed by atoms with Crippen LogP contribution in [0.2, 0.25) is 0 Å². The average molecular weight is 437 g/mol. The van der Waals surface area contributed by atoms with Crippen molar-refractivity contribution in [2.24, 2.45) is 0 Å². The highest BCUT2D eigenvalue weighted by atomic mass is 19.2.